The van der Waals surface area contributed by atoms with Crippen molar-refractivity contribution < 1.29 is 0 Å². The third-order valence-corrected chi connectivity index (χ3v) is 12.7. The van der Waals surface area contributed by atoms with Crippen LogP contribution in [0.3, 0.4) is 0 Å². The molecule has 0 saturated heterocycles. The lowest BCUT2D eigenvalue weighted by Crippen LogP contribution is -2.35. The molecule has 0 aromatic rings. The molecule has 0 fully saturated rings. The van der Waals surface area contributed by atoms with Gasteiger partial charge in [-0.3, -0.25) is 0 Å². The molecule has 0 aromatic carbocycles. The maximum absolute atomic E-state index is 5.27. The Morgan fingerprint density at radius 3 is 1.23 bits per heavy atom. The molecule has 0 atom stereocenters. The Labute approximate surface area is 248 Å². The van der Waals surface area contributed by atoms with E-state index in [2.05, 4.69) is 87.7 Å². The minimum absolute atomic E-state index is 0.354. The summed E-state index contributed by atoms with van der Waals surface area (Å²) in [5, 5.41) is 0.354. The van der Waals surface area contributed by atoms with Crippen molar-refractivity contribution in [1.82, 2.24) is 0 Å². The summed E-state index contributed by atoms with van der Waals surface area (Å²) in [7, 11) is -1.45. The second-order valence-corrected chi connectivity index (χ2v) is 18.0. The highest BCUT2D eigenvalue weighted by Crippen LogP contribution is 2.35. The molecule has 0 saturated carbocycles. The average Bonchev–Trinajstić information content (AvgIpc) is 2.89. The SMILES string of the molecule is C#CCCCC/C=C\CCCC/C=C\CCCCCCCCCCCCCC/C=C\C#C[Si](C)(C)C(C)(C)C. The van der Waals surface area contributed by atoms with E-state index in [0.29, 0.717) is 5.04 Å². The zero-order chi connectivity index (χ0) is 28.9. The summed E-state index contributed by atoms with van der Waals surface area (Å²) >= 11 is 0. The van der Waals surface area contributed by atoms with Crippen molar-refractivity contribution in [2.45, 2.75) is 180 Å². The van der Waals surface area contributed by atoms with Crippen LogP contribution in [0.1, 0.15) is 162 Å². The molecule has 0 N–H and O–H groups in total. The van der Waals surface area contributed by atoms with Gasteiger partial charge in [-0.15, -0.1) is 17.9 Å². The molecule has 0 unspecified atom stereocenters. The van der Waals surface area contributed by atoms with Gasteiger partial charge < -0.3 is 0 Å². The molecule has 0 aliphatic carbocycles. The van der Waals surface area contributed by atoms with Gasteiger partial charge in [0.1, 0.15) is 8.07 Å². The van der Waals surface area contributed by atoms with E-state index < -0.39 is 8.07 Å². The number of allylic oxidation sites excluding steroid dienone is 6. The zero-order valence-electron chi connectivity index (χ0n) is 27.1. The van der Waals surface area contributed by atoms with Crippen molar-refractivity contribution in [3.8, 4) is 23.8 Å². The fourth-order valence-electron chi connectivity index (χ4n) is 4.33. The fourth-order valence-corrected chi connectivity index (χ4v) is 5.15. The standard InChI is InChI=1S/C38H66Si/c1-7-8-9-10-11-12-13-14-15-16-17-18-19-20-21-22-23-24-25-26-27-28-29-30-31-32-33-34-35-36-37-39(5,6)38(2,3)4/h1,12-13,18-19,34-35H,8-11,14-17,20-33H2,2-6H3/b13-12-,19-18-,35-34-. The van der Waals surface area contributed by atoms with Gasteiger partial charge in [0, 0.05) is 6.42 Å². The zero-order valence-corrected chi connectivity index (χ0v) is 28.1. The number of hydrogen-bond donors (Lipinski definition) is 0. The minimum Gasteiger partial charge on any atom is -0.127 e. The van der Waals surface area contributed by atoms with Gasteiger partial charge in [-0.2, -0.15) is 0 Å². The van der Waals surface area contributed by atoms with Gasteiger partial charge in [0.15, 0.2) is 0 Å². The summed E-state index contributed by atoms with van der Waals surface area (Å²) in [6.45, 7) is 11.7. The molecule has 0 aliphatic rings. The van der Waals surface area contributed by atoms with Gasteiger partial charge in [-0.25, -0.2) is 0 Å². The lowest BCUT2D eigenvalue weighted by atomic mass is 10.0. The highest BCUT2D eigenvalue weighted by Gasteiger charge is 2.33. The number of rotatable bonds is 24. The second kappa shape index (κ2) is 26.8. The molecule has 0 heterocycles. The first-order valence-electron chi connectivity index (χ1n) is 16.7. The summed E-state index contributed by atoms with van der Waals surface area (Å²) in [4.78, 5) is 0. The second-order valence-electron chi connectivity index (χ2n) is 13.0. The van der Waals surface area contributed by atoms with Crippen LogP contribution in [-0.2, 0) is 0 Å². The predicted octanol–water partition coefficient (Wildman–Crippen LogP) is 12.9. The van der Waals surface area contributed by atoms with Crippen LogP contribution in [0.4, 0.5) is 0 Å². The highest BCUT2D eigenvalue weighted by atomic mass is 28.3. The molecule has 0 aromatic heterocycles. The predicted molar refractivity (Wildman–Crippen MR) is 183 cm³/mol. The first kappa shape index (κ1) is 37.6. The van der Waals surface area contributed by atoms with E-state index in [9.17, 15) is 0 Å². The Morgan fingerprint density at radius 1 is 0.513 bits per heavy atom. The summed E-state index contributed by atoms with van der Waals surface area (Å²) in [5.74, 6) is 6.03. The molecular weight excluding hydrogens is 485 g/mol. The van der Waals surface area contributed by atoms with Crippen LogP contribution in [0, 0.1) is 23.8 Å². The minimum atomic E-state index is -1.45. The Kier molecular flexibility index (Phi) is 25.8. The molecule has 0 rings (SSSR count). The van der Waals surface area contributed by atoms with Gasteiger partial charge in [0.25, 0.3) is 0 Å². The van der Waals surface area contributed by atoms with Gasteiger partial charge >= 0.3 is 0 Å². The molecule has 222 valence electrons. The Morgan fingerprint density at radius 2 is 0.846 bits per heavy atom. The summed E-state index contributed by atoms with van der Waals surface area (Å²) < 4.78 is 0. The normalized spacial score (nSPS) is 12.4. The van der Waals surface area contributed by atoms with Crippen LogP contribution in [0.25, 0.3) is 0 Å². The Balaban J connectivity index is 3.33. The summed E-state index contributed by atoms with van der Waals surface area (Å²) in [6.07, 6.45) is 48.2. The van der Waals surface area contributed by atoms with E-state index in [1.165, 1.54) is 135 Å². The van der Waals surface area contributed by atoms with Crippen molar-refractivity contribution in [1.29, 1.82) is 0 Å². The van der Waals surface area contributed by atoms with E-state index in [0.717, 1.165) is 6.42 Å². The third kappa shape index (κ3) is 26.5. The third-order valence-electron chi connectivity index (χ3n) is 8.22. The van der Waals surface area contributed by atoms with Crippen LogP contribution in [0.5, 0.6) is 0 Å². The summed E-state index contributed by atoms with van der Waals surface area (Å²) in [6, 6.07) is 0. The van der Waals surface area contributed by atoms with Crippen molar-refractivity contribution >= 4 is 8.07 Å². The highest BCUT2D eigenvalue weighted by molar-refractivity contribution is 6.87. The lowest BCUT2D eigenvalue weighted by molar-refractivity contribution is 0.542. The molecular formula is C38H66Si. The molecule has 0 nitrogen and oxygen atoms in total. The van der Waals surface area contributed by atoms with E-state index >= 15 is 0 Å². The number of hydrogen-bond acceptors (Lipinski definition) is 0. The van der Waals surface area contributed by atoms with E-state index in [1.807, 2.05) is 0 Å². The summed E-state index contributed by atoms with van der Waals surface area (Å²) in [5.41, 5.74) is 3.56. The molecule has 0 amide bonds. The average molecular weight is 551 g/mol. The quantitative estimate of drug-likeness (QED) is 0.0485. The molecule has 0 bridgehead atoms. The Bertz CT molecular complexity index is 725. The van der Waals surface area contributed by atoms with E-state index in [1.54, 1.807) is 0 Å². The van der Waals surface area contributed by atoms with Crippen LogP contribution >= 0.6 is 0 Å². The fraction of sp³-hybridized carbons (Fsp3) is 0.737. The smallest absolute Gasteiger partial charge is 0.127 e. The van der Waals surface area contributed by atoms with Crippen molar-refractivity contribution in [2.75, 3.05) is 0 Å². The van der Waals surface area contributed by atoms with Gasteiger partial charge in [-0.05, 0) is 81.7 Å². The van der Waals surface area contributed by atoms with Gasteiger partial charge in [0.05, 0.1) is 0 Å². The van der Waals surface area contributed by atoms with Crippen LogP contribution in [0.15, 0.2) is 36.5 Å². The maximum Gasteiger partial charge on any atom is 0.138 e. The van der Waals surface area contributed by atoms with Gasteiger partial charge in [0.2, 0.25) is 0 Å². The molecule has 0 aliphatic heterocycles. The molecule has 1 heteroatoms. The van der Waals surface area contributed by atoms with Crippen LogP contribution in [0.2, 0.25) is 18.1 Å². The lowest BCUT2D eigenvalue weighted by Gasteiger charge is -2.31. The monoisotopic (exact) mass is 550 g/mol. The molecule has 39 heavy (non-hydrogen) atoms. The molecule has 0 spiro atoms. The van der Waals surface area contributed by atoms with Crippen LogP contribution in [-0.4, -0.2) is 8.07 Å². The van der Waals surface area contributed by atoms with Crippen LogP contribution < -0.4 is 0 Å². The van der Waals surface area contributed by atoms with Crippen molar-refractivity contribution in [3.05, 3.63) is 36.5 Å². The van der Waals surface area contributed by atoms with E-state index in [4.69, 9.17) is 6.42 Å². The van der Waals surface area contributed by atoms with E-state index in [-0.39, 0.29) is 0 Å². The topological polar surface area (TPSA) is 0 Å². The number of terminal acetylenes is 1. The maximum atomic E-state index is 5.27. The van der Waals surface area contributed by atoms with Crippen molar-refractivity contribution in [2.24, 2.45) is 0 Å². The largest absolute Gasteiger partial charge is 0.138 e. The van der Waals surface area contributed by atoms with Gasteiger partial charge in [-0.1, -0.05) is 134 Å². The number of unbranched alkanes of at least 4 members (excludes halogenated alkanes) is 19. The first-order valence-corrected chi connectivity index (χ1v) is 19.7. The Hall–Kier alpha value is -1.44. The molecule has 0 radical (unpaired) electrons. The van der Waals surface area contributed by atoms with Crippen molar-refractivity contribution in [3.63, 3.8) is 0 Å². The first-order chi connectivity index (χ1) is 18.8.